The van der Waals surface area contributed by atoms with Crippen molar-refractivity contribution in [2.75, 3.05) is 24.3 Å². The number of hydrogen-bond acceptors (Lipinski definition) is 7. The molecule has 0 fully saturated rings. The molecule has 0 aliphatic carbocycles. The van der Waals surface area contributed by atoms with E-state index in [0.717, 1.165) is 11.4 Å². The smallest absolute Gasteiger partial charge is 0.234 e. The minimum atomic E-state index is -0.181. The molecule has 2 heterocycles. The summed E-state index contributed by atoms with van der Waals surface area (Å²) >= 11 is 7.36. The van der Waals surface area contributed by atoms with Gasteiger partial charge in [0.15, 0.2) is 22.5 Å². The van der Waals surface area contributed by atoms with E-state index in [0.29, 0.717) is 46.4 Å². The molecule has 178 valence electrons. The van der Waals surface area contributed by atoms with Gasteiger partial charge >= 0.3 is 0 Å². The molecule has 1 aliphatic rings. The summed E-state index contributed by atoms with van der Waals surface area (Å²) < 4.78 is 18.8. The Morgan fingerprint density at radius 3 is 2.57 bits per heavy atom. The van der Waals surface area contributed by atoms with Gasteiger partial charge in [-0.15, -0.1) is 10.2 Å². The summed E-state index contributed by atoms with van der Waals surface area (Å²) in [5, 5.41) is 12.7. The summed E-state index contributed by atoms with van der Waals surface area (Å²) in [5.74, 6) is 2.58. The van der Waals surface area contributed by atoms with Crippen LogP contribution in [-0.4, -0.2) is 39.6 Å². The zero-order valence-corrected chi connectivity index (χ0v) is 20.1. The zero-order valence-electron chi connectivity index (χ0n) is 18.5. The van der Waals surface area contributed by atoms with Crippen LogP contribution >= 0.6 is 23.4 Å². The molecule has 10 heteroatoms. The number of nitrogens with zero attached hydrogens (tertiary/aromatic N) is 3. The van der Waals surface area contributed by atoms with Crippen molar-refractivity contribution in [3.63, 3.8) is 0 Å². The van der Waals surface area contributed by atoms with E-state index in [-0.39, 0.29) is 18.3 Å². The molecular weight excluding hydrogens is 488 g/mol. The first kappa shape index (κ1) is 23.1. The van der Waals surface area contributed by atoms with Crippen LogP contribution < -0.4 is 19.5 Å². The number of ether oxygens (including phenoxy) is 3. The number of benzene rings is 3. The number of thioether (sulfide) groups is 1. The lowest BCUT2D eigenvalue weighted by atomic mass is 10.2. The summed E-state index contributed by atoms with van der Waals surface area (Å²) in [5.41, 5.74) is 1.46. The molecule has 35 heavy (non-hydrogen) atoms. The first-order valence-corrected chi connectivity index (χ1v) is 12.2. The van der Waals surface area contributed by atoms with Gasteiger partial charge in [0.25, 0.3) is 0 Å². The normalized spacial score (nSPS) is 12.3. The number of carbonyl (C=O) groups is 1. The third kappa shape index (κ3) is 5.70. The minimum absolute atomic E-state index is 0.139. The van der Waals surface area contributed by atoms with E-state index in [9.17, 15) is 4.79 Å². The standard InChI is InChI=1S/C25H21ClN4O4S/c26-17-6-9-19(10-7-17)30-23(15-34-20-4-2-1-3-5-20)28-29-25(30)35-16-24(31)27-18-8-11-21-22(14-18)33-13-12-32-21/h1-11,14H,12-13,15-16H2,(H,27,31). The lowest BCUT2D eigenvalue weighted by Crippen LogP contribution is -2.17. The third-order valence-electron chi connectivity index (χ3n) is 5.05. The fourth-order valence-corrected chi connectivity index (χ4v) is 4.35. The van der Waals surface area contributed by atoms with Crippen LogP contribution in [0.4, 0.5) is 5.69 Å². The van der Waals surface area contributed by atoms with Crippen LogP contribution in [0.15, 0.2) is 78.0 Å². The summed E-state index contributed by atoms with van der Waals surface area (Å²) in [6, 6.07) is 22.1. The van der Waals surface area contributed by atoms with Crippen LogP contribution in [0.3, 0.4) is 0 Å². The maximum Gasteiger partial charge on any atom is 0.234 e. The fraction of sp³-hybridized carbons (Fsp3) is 0.160. The van der Waals surface area contributed by atoms with Gasteiger partial charge in [-0.3, -0.25) is 9.36 Å². The Kier molecular flexibility index (Phi) is 7.06. The molecule has 0 bridgehead atoms. The first-order chi connectivity index (χ1) is 17.2. The van der Waals surface area contributed by atoms with E-state index >= 15 is 0 Å². The fourth-order valence-electron chi connectivity index (χ4n) is 3.45. The van der Waals surface area contributed by atoms with Gasteiger partial charge in [0, 0.05) is 22.5 Å². The Hall–Kier alpha value is -3.69. The van der Waals surface area contributed by atoms with E-state index < -0.39 is 0 Å². The van der Waals surface area contributed by atoms with Gasteiger partial charge in [-0.1, -0.05) is 41.6 Å². The number of rotatable bonds is 8. The molecule has 1 amide bonds. The highest BCUT2D eigenvalue weighted by Gasteiger charge is 2.18. The predicted octanol–water partition coefficient (Wildman–Crippen LogP) is 5.00. The first-order valence-electron chi connectivity index (χ1n) is 10.9. The maximum absolute atomic E-state index is 12.7. The molecule has 1 aromatic heterocycles. The van der Waals surface area contributed by atoms with Crippen molar-refractivity contribution >= 4 is 35.0 Å². The monoisotopic (exact) mass is 508 g/mol. The summed E-state index contributed by atoms with van der Waals surface area (Å²) in [4.78, 5) is 12.7. The minimum Gasteiger partial charge on any atom is -0.486 e. The highest BCUT2D eigenvalue weighted by atomic mass is 35.5. The van der Waals surface area contributed by atoms with Crippen molar-refractivity contribution in [2.24, 2.45) is 0 Å². The lowest BCUT2D eigenvalue weighted by molar-refractivity contribution is -0.113. The SMILES string of the molecule is O=C(CSc1nnc(COc2ccccc2)n1-c1ccc(Cl)cc1)Nc1ccc2c(c1)OCCO2. The Morgan fingerprint density at radius 2 is 1.77 bits per heavy atom. The Bertz CT molecular complexity index is 1320. The molecule has 0 spiro atoms. The topological polar surface area (TPSA) is 87.5 Å². The molecule has 0 atom stereocenters. The van der Waals surface area contributed by atoms with Gasteiger partial charge in [-0.25, -0.2) is 0 Å². The van der Waals surface area contributed by atoms with Crippen LogP contribution in [0.1, 0.15) is 5.82 Å². The van der Waals surface area contributed by atoms with E-state index in [4.69, 9.17) is 25.8 Å². The quantitative estimate of drug-likeness (QED) is 0.335. The van der Waals surface area contributed by atoms with Crippen LogP contribution in [-0.2, 0) is 11.4 Å². The Labute approximate surface area is 211 Å². The molecular formula is C25H21ClN4O4S. The number of fused-ring (bicyclic) bond motifs is 1. The van der Waals surface area contributed by atoms with Crippen molar-refractivity contribution in [1.82, 2.24) is 14.8 Å². The molecule has 0 unspecified atom stereocenters. The molecule has 0 saturated heterocycles. The second-order valence-corrected chi connectivity index (χ2v) is 8.89. The average molecular weight is 509 g/mol. The molecule has 0 radical (unpaired) electrons. The Balaban J connectivity index is 1.29. The molecule has 3 aromatic carbocycles. The third-order valence-corrected chi connectivity index (χ3v) is 6.24. The van der Waals surface area contributed by atoms with Crippen molar-refractivity contribution in [3.05, 3.63) is 83.6 Å². The number of hydrogen-bond donors (Lipinski definition) is 1. The Morgan fingerprint density at radius 1 is 1.00 bits per heavy atom. The number of halogens is 1. The van der Waals surface area contributed by atoms with Gasteiger partial charge < -0.3 is 19.5 Å². The van der Waals surface area contributed by atoms with Crippen LogP contribution in [0.2, 0.25) is 5.02 Å². The number of nitrogens with one attached hydrogen (secondary N) is 1. The maximum atomic E-state index is 12.7. The average Bonchev–Trinajstić information content (AvgIpc) is 3.30. The second kappa shape index (κ2) is 10.7. The van der Waals surface area contributed by atoms with Gasteiger partial charge in [-0.2, -0.15) is 0 Å². The number of anilines is 1. The van der Waals surface area contributed by atoms with Crippen LogP contribution in [0.5, 0.6) is 17.2 Å². The number of amides is 1. The number of carbonyl (C=O) groups excluding carboxylic acids is 1. The van der Waals surface area contributed by atoms with Gasteiger partial charge in [-0.05, 0) is 48.5 Å². The molecule has 0 saturated carbocycles. The molecule has 1 N–H and O–H groups in total. The highest BCUT2D eigenvalue weighted by Crippen LogP contribution is 2.33. The van der Waals surface area contributed by atoms with Gasteiger partial charge in [0.2, 0.25) is 5.91 Å². The number of aromatic nitrogens is 3. The summed E-state index contributed by atoms with van der Waals surface area (Å²) in [7, 11) is 0. The van der Waals surface area contributed by atoms with Crippen molar-refractivity contribution in [3.8, 4) is 22.9 Å². The molecule has 1 aliphatic heterocycles. The van der Waals surface area contributed by atoms with Gasteiger partial charge in [0.05, 0.1) is 5.75 Å². The zero-order chi connectivity index (χ0) is 24.0. The largest absolute Gasteiger partial charge is 0.486 e. The van der Waals surface area contributed by atoms with E-state index in [1.165, 1.54) is 11.8 Å². The molecule has 5 rings (SSSR count). The van der Waals surface area contributed by atoms with Crippen molar-refractivity contribution < 1.29 is 19.0 Å². The predicted molar refractivity (Wildman–Crippen MR) is 134 cm³/mol. The highest BCUT2D eigenvalue weighted by molar-refractivity contribution is 7.99. The van der Waals surface area contributed by atoms with E-state index in [1.807, 2.05) is 47.0 Å². The van der Waals surface area contributed by atoms with E-state index in [1.54, 1.807) is 30.3 Å². The summed E-state index contributed by atoms with van der Waals surface area (Å²) in [6.07, 6.45) is 0. The van der Waals surface area contributed by atoms with Crippen molar-refractivity contribution in [1.29, 1.82) is 0 Å². The van der Waals surface area contributed by atoms with Crippen molar-refractivity contribution in [2.45, 2.75) is 11.8 Å². The molecule has 4 aromatic rings. The van der Waals surface area contributed by atoms with Crippen LogP contribution in [0, 0.1) is 0 Å². The second-order valence-electron chi connectivity index (χ2n) is 7.51. The molecule has 8 nitrogen and oxygen atoms in total. The number of para-hydroxylation sites is 1. The van der Waals surface area contributed by atoms with E-state index in [2.05, 4.69) is 15.5 Å². The van der Waals surface area contributed by atoms with Crippen LogP contribution in [0.25, 0.3) is 5.69 Å². The van der Waals surface area contributed by atoms with Gasteiger partial charge in [0.1, 0.15) is 25.6 Å². The lowest BCUT2D eigenvalue weighted by Gasteiger charge is -2.19. The summed E-state index contributed by atoms with van der Waals surface area (Å²) in [6.45, 7) is 1.21.